The Bertz CT molecular complexity index is 596. The van der Waals surface area contributed by atoms with Gasteiger partial charge in [-0.05, 0) is 45.7 Å². The molecule has 150 valence electrons. The molecule has 0 atom stereocenters. The number of guanidine groups is 1. The van der Waals surface area contributed by atoms with Crippen molar-refractivity contribution in [2.75, 3.05) is 39.4 Å². The summed E-state index contributed by atoms with van der Waals surface area (Å²) in [5.74, 6) is 1.65. The van der Waals surface area contributed by atoms with Crippen molar-refractivity contribution in [2.45, 2.75) is 39.7 Å². The van der Waals surface area contributed by atoms with Crippen LogP contribution < -0.4 is 15.4 Å². The number of ether oxygens (including phenoxy) is 2. The van der Waals surface area contributed by atoms with E-state index in [1.165, 1.54) is 5.56 Å². The lowest BCUT2D eigenvalue weighted by atomic mass is 10.1. The minimum absolute atomic E-state index is 0.218. The normalized spacial score (nSPS) is 15.4. The van der Waals surface area contributed by atoms with Crippen molar-refractivity contribution < 1.29 is 14.3 Å². The molecule has 0 aromatic heterocycles. The Morgan fingerprint density at radius 3 is 2.56 bits per heavy atom. The van der Waals surface area contributed by atoms with E-state index >= 15 is 0 Å². The van der Waals surface area contributed by atoms with Crippen molar-refractivity contribution in [3.63, 3.8) is 0 Å². The van der Waals surface area contributed by atoms with E-state index in [0.29, 0.717) is 38.9 Å². The van der Waals surface area contributed by atoms with Gasteiger partial charge in [0.05, 0.1) is 13.2 Å². The van der Waals surface area contributed by atoms with Crippen LogP contribution in [-0.4, -0.2) is 62.4 Å². The summed E-state index contributed by atoms with van der Waals surface area (Å²) < 4.78 is 10.8. The van der Waals surface area contributed by atoms with E-state index in [4.69, 9.17) is 9.47 Å². The van der Waals surface area contributed by atoms with Crippen LogP contribution in [0.2, 0.25) is 0 Å². The van der Waals surface area contributed by atoms with Crippen LogP contribution in [-0.2, 0) is 4.74 Å². The van der Waals surface area contributed by atoms with Gasteiger partial charge in [0.2, 0.25) is 0 Å². The van der Waals surface area contributed by atoms with Crippen LogP contribution in [0.25, 0.3) is 0 Å². The molecule has 2 N–H and O–H groups in total. The first-order chi connectivity index (χ1) is 13.1. The van der Waals surface area contributed by atoms with E-state index in [1.807, 2.05) is 38.1 Å². The number of hydrogen-bond acceptors (Lipinski definition) is 4. The van der Waals surface area contributed by atoms with Crippen LogP contribution in [0.3, 0.4) is 0 Å². The molecule has 0 saturated carbocycles. The standard InChI is InChI=1S/C20H32N4O3/c1-4-21-19(22-12-15-27-18-8-6-16(3)7-9-18)23-17-10-13-24(14-11-17)20(25)26-5-2/h6-9,17H,4-5,10-15H2,1-3H3,(H2,21,22,23). The van der Waals surface area contributed by atoms with Crippen molar-refractivity contribution in [1.29, 1.82) is 0 Å². The Morgan fingerprint density at radius 1 is 1.22 bits per heavy atom. The number of rotatable bonds is 7. The summed E-state index contributed by atoms with van der Waals surface area (Å²) in [6.07, 6.45) is 1.54. The molecule has 0 spiro atoms. The Morgan fingerprint density at radius 2 is 1.93 bits per heavy atom. The van der Waals surface area contributed by atoms with Gasteiger partial charge in [-0.15, -0.1) is 0 Å². The third kappa shape index (κ3) is 7.37. The van der Waals surface area contributed by atoms with E-state index in [2.05, 4.69) is 22.5 Å². The topological polar surface area (TPSA) is 75.2 Å². The minimum Gasteiger partial charge on any atom is -0.492 e. The van der Waals surface area contributed by atoms with E-state index in [-0.39, 0.29) is 6.09 Å². The Balaban J connectivity index is 1.75. The molecule has 1 aliphatic rings. The quantitative estimate of drug-likeness (QED) is 0.435. The van der Waals surface area contributed by atoms with E-state index in [0.717, 1.165) is 31.1 Å². The zero-order valence-corrected chi connectivity index (χ0v) is 16.7. The highest BCUT2D eigenvalue weighted by molar-refractivity contribution is 5.80. The summed E-state index contributed by atoms with van der Waals surface area (Å²) in [5, 5.41) is 6.73. The van der Waals surface area contributed by atoms with Crippen LogP contribution >= 0.6 is 0 Å². The first kappa shape index (κ1) is 20.9. The van der Waals surface area contributed by atoms with Crippen molar-refractivity contribution in [3.8, 4) is 5.75 Å². The number of nitrogens with zero attached hydrogens (tertiary/aromatic N) is 2. The number of nitrogens with one attached hydrogen (secondary N) is 2. The van der Waals surface area contributed by atoms with E-state index in [9.17, 15) is 4.79 Å². The highest BCUT2D eigenvalue weighted by Gasteiger charge is 2.23. The number of benzene rings is 1. The smallest absolute Gasteiger partial charge is 0.409 e. The highest BCUT2D eigenvalue weighted by atomic mass is 16.6. The number of likely N-dealkylation sites (tertiary alicyclic amines) is 1. The molecule has 0 aliphatic carbocycles. The van der Waals surface area contributed by atoms with Gasteiger partial charge in [0.25, 0.3) is 0 Å². The number of amides is 1. The fourth-order valence-electron chi connectivity index (χ4n) is 2.89. The number of aliphatic imine (C=N–C) groups is 1. The van der Waals surface area contributed by atoms with Crippen LogP contribution in [0.5, 0.6) is 5.75 Å². The molecule has 1 saturated heterocycles. The fraction of sp³-hybridized carbons (Fsp3) is 0.600. The molecule has 7 heteroatoms. The van der Waals surface area contributed by atoms with Crippen molar-refractivity contribution in [1.82, 2.24) is 15.5 Å². The third-order valence-corrected chi connectivity index (χ3v) is 4.36. The molecular formula is C20H32N4O3. The van der Waals surface area contributed by atoms with Gasteiger partial charge in [0.15, 0.2) is 5.96 Å². The predicted octanol–water partition coefficient (Wildman–Crippen LogP) is 2.55. The van der Waals surface area contributed by atoms with E-state index in [1.54, 1.807) is 4.90 Å². The molecule has 1 aliphatic heterocycles. The maximum Gasteiger partial charge on any atom is 0.409 e. The van der Waals surface area contributed by atoms with Crippen LogP contribution in [0.4, 0.5) is 4.79 Å². The van der Waals surface area contributed by atoms with Gasteiger partial charge in [0.1, 0.15) is 12.4 Å². The zero-order chi connectivity index (χ0) is 19.5. The molecule has 0 unspecified atom stereocenters. The number of aryl methyl sites for hydroxylation is 1. The molecule has 2 rings (SSSR count). The summed E-state index contributed by atoms with van der Waals surface area (Å²) >= 11 is 0. The Kier molecular flexibility index (Phi) is 8.74. The second-order valence-electron chi connectivity index (χ2n) is 6.53. The largest absolute Gasteiger partial charge is 0.492 e. The van der Waals surface area contributed by atoms with Crippen molar-refractivity contribution in [3.05, 3.63) is 29.8 Å². The number of piperidine rings is 1. The molecule has 1 amide bonds. The average Bonchev–Trinajstić information content (AvgIpc) is 2.67. The lowest BCUT2D eigenvalue weighted by molar-refractivity contribution is 0.0963. The van der Waals surface area contributed by atoms with E-state index < -0.39 is 0 Å². The monoisotopic (exact) mass is 376 g/mol. The highest BCUT2D eigenvalue weighted by Crippen LogP contribution is 2.12. The predicted molar refractivity (Wildman–Crippen MR) is 107 cm³/mol. The minimum atomic E-state index is -0.218. The number of carbonyl (C=O) groups is 1. The van der Waals surface area contributed by atoms with Crippen LogP contribution in [0.15, 0.2) is 29.3 Å². The zero-order valence-electron chi connectivity index (χ0n) is 16.7. The summed E-state index contributed by atoms with van der Waals surface area (Å²) in [7, 11) is 0. The first-order valence-electron chi connectivity index (χ1n) is 9.78. The first-order valence-corrected chi connectivity index (χ1v) is 9.78. The van der Waals surface area contributed by atoms with Gasteiger partial charge in [0, 0.05) is 25.7 Å². The Hall–Kier alpha value is -2.44. The summed E-state index contributed by atoms with van der Waals surface area (Å²) in [5.41, 5.74) is 1.22. The molecule has 1 fully saturated rings. The molecule has 0 radical (unpaired) electrons. The maximum atomic E-state index is 11.8. The summed E-state index contributed by atoms with van der Waals surface area (Å²) in [6, 6.07) is 8.31. The fourth-order valence-corrected chi connectivity index (χ4v) is 2.89. The summed E-state index contributed by atoms with van der Waals surface area (Å²) in [6.45, 7) is 9.65. The molecule has 0 bridgehead atoms. The maximum absolute atomic E-state index is 11.8. The van der Waals surface area contributed by atoms with Crippen molar-refractivity contribution in [2.24, 2.45) is 4.99 Å². The van der Waals surface area contributed by atoms with Gasteiger partial charge in [-0.25, -0.2) is 9.79 Å². The molecule has 1 heterocycles. The van der Waals surface area contributed by atoms with Gasteiger partial charge in [-0.2, -0.15) is 0 Å². The molecule has 7 nitrogen and oxygen atoms in total. The average molecular weight is 377 g/mol. The lowest BCUT2D eigenvalue weighted by Gasteiger charge is -2.32. The second-order valence-corrected chi connectivity index (χ2v) is 6.53. The van der Waals surface area contributed by atoms with Gasteiger partial charge in [-0.1, -0.05) is 17.7 Å². The van der Waals surface area contributed by atoms with Gasteiger partial charge < -0.3 is 25.0 Å². The molecule has 1 aromatic rings. The molecular weight excluding hydrogens is 344 g/mol. The number of hydrogen-bond donors (Lipinski definition) is 2. The van der Waals surface area contributed by atoms with Crippen LogP contribution in [0.1, 0.15) is 32.3 Å². The Labute approximate surface area is 162 Å². The second kappa shape index (κ2) is 11.3. The SMILES string of the molecule is CCNC(=NCCOc1ccc(C)cc1)NC1CCN(C(=O)OCC)CC1. The summed E-state index contributed by atoms with van der Waals surface area (Å²) in [4.78, 5) is 18.1. The van der Waals surface area contributed by atoms with Gasteiger partial charge >= 0.3 is 6.09 Å². The number of carbonyl (C=O) groups excluding carboxylic acids is 1. The van der Waals surface area contributed by atoms with Crippen molar-refractivity contribution >= 4 is 12.1 Å². The molecule has 1 aromatic carbocycles. The van der Waals surface area contributed by atoms with Crippen LogP contribution in [0, 0.1) is 6.92 Å². The molecule has 27 heavy (non-hydrogen) atoms. The van der Waals surface area contributed by atoms with Gasteiger partial charge in [-0.3, -0.25) is 0 Å². The lowest BCUT2D eigenvalue weighted by Crippen LogP contribution is -2.50. The third-order valence-electron chi connectivity index (χ3n) is 4.36.